The van der Waals surface area contributed by atoms with Gasteiger partial charge in [0, 0.05) is 56.6 Å². The van der Waals surface area contributed by atoms with E-state index < -0.39 is 23.1 Å². The minimum absolute atomic E-state index is 0.00305. The molecule has 0 aliphatic heterocycles. The highest BCUT2D eigenvalue weighted by Crippen LogP contribution is 2.43. The van der Waals surface area contributed by atoms with Gasteiger partial charge in [0.05, 0.1) is 35.6 Å². The summed E-state index contributed by atoms with van der Waals surface area (Å²) in [4.78, 5) is 26.5. The summed E-state index contributed by atoms with van der Waals surface area (Å²) < 4.78 is 0. The van der Waals surface area contributed by atoms with Crippen LogP contribution in [0.1, 0.15) is 31.8 Å². The van der Waals surface area contributed by atoms with Crippen molar-refractivity contribution in [2.75, 3.05) is 63.1 Å². The maximum Gasteiger partial charge on any atom is 0.200 e. The molecule has 0 atom stereocenters. The average molecular weight is 444 g/mol. The maximum atomic E-state index is 13.3. The largest absolute Gasteiger partial charge is 0.507 e. The monoisotopic (exact) mass is 444 g/mol. The maximum absolute atomic E-state index is 13.3. The van der Waals surface area contributed by atoms with Crippen LogP contribution in [0, 0.1) is 0 Å². The summed E-state index contributed by atoms with van der Waals surface area (Å²) in [6, 6.07) is 6.06. The summed E-state index contributed by atoms with van der Waals surface area (Å²) in [5.41, 5.74) is 0.434. The Balaban J connectivity index is 1.87. The molecule has 1 aliphatic rings. The molecule has 0 spiro atoms. The second-order valence-corrected chi connectivity index (χ2v) is 7.23. The van der Waals surface area contributed by atoms with Crippen LogP contribution in [0.5, 0.6) is 11.5 Å². The van der Waals surface area contributed by atoms with Crippen molar-refractivity contribution in [3.63, 3.8) is 0 Å². The first kappa shape index (κ1) is 23.5. The Labute approximate surface area is 185 Å². The van der Waals surface area contributed by atoms with Gasteiger partial charge in [-0.1, -0.05) is 12.1 Å². The van der Waals surface area contributed by atoms with Gasteiger partial charge in [-0.15, -0.1) is 0 Å². The lowest BCUT2D eigenvalue weighted by molar-refractivity contribution is 0.0975. The highest BCUT2D eigenvalue weighted by Gasteiger charge is 2.37. The summed E-state index contributed by atoms with van der Waals surface area (Å²) in [5.74, 6) is -1.89. The molecule has 0 saturated heterocycles. The third-order valence-corrected chi connectivity index (χ3v) is 5.08. The van der Waals surface area contributed by atoms with Crippen LogP contribution in [0.2, 0.25) is 0 Å². The van der Waals surface area contributed by atoms with E-state index in [-0.39, 0.29) is 41.2 Å². The number of phenolic OH excluding ortho intramolecular Hbond substituents is 2. The predicted molar refractivity (Wildman–Crippen MR) is 120 cm³/mol. The smallest absolute Gasteiger partial charge is 0.200 e. The van der Waals surface area contributed by atoms with Crippen molar-refractivity contribution in [2.24, 2.45) is 0 Å². The van der Waals surface area contributed by atoms with Crippen LogP contribution < -0.4 is 21.3 Å². The summed E-state index contributed by atoms with van der Waals surface area (Å²) in [6.07, 6.45) is 0. The first-order valence-corrected chi connectivity index (χ1v) is 10.4. The number of fused-ring (bicyclic) bond motifs is 2. The first-order valence-electron chi connectivity index (χ1n) is 10.4. The Morgan fingerprint density at radius 2 is 1.31 bits per heavy atom. The minimum atomic E-state index is -0.551. The normalized spacial score (nSPS) is 12.4. The van der Waals surface area contributed by atoms with Crippen molar-refractivity contribution in [2.45, 2.75) is 0 Å². The third kappa shape index (κ3) is 4.83. The van der Waals surface area contributed by atoms with Crippen LogP contribution in [0.15, 0.2) is 24.3 Å². The number of ketones is 2. The Morgan fingerprint density at radius 3 is 1.94 bits per heavy atom. The zero-order valence-corrected chi connectivity index (χ0v) is 17.6. The van der Waals surface area contributed by atoms with Gasteiger partial charge in [0.1, 0.15) is 5.75 Å². The van der Waals surface area contributed by atoms with Gasteiger partial charge in [0.2, 0.25) is 0 Å². The molecule has 10 heteroatoms. The van der Waals surface area contributed by atoms with Gasteiger partial charge in [0.15, 0.2) is 17.3 Å². The fraction of sp³-hybridized carbons (Fsp3) is 0.364. The molecule has 0 saturated carbocycles. The molecule has 2 aromatic carbocycles. The van der Waals surface area contributed by atoms with Crippen molar-refractivity contribution in [1.29, 1.82) is 0 Å². The van der Waals surface area contributed by atoms with E-state index in [1.54, 1.807) is 12.1 Å². The number of carbonyl (C=O) groups is 2. The van der Waals surface area contributed by atoms with Crippen molar-refractivity contribution >= 4 is 22.9 Å². The standard InChI is InChI=1S/C22H28N4O6/c27-10-8-23-4-6-25-14-3-1-2-13-17(14)22(32)18-16(29)12-15(21(31)19(18)20(13)30)26-7-5-24-9-11-28/h1-3,12,23-29,31H,4-11H2. The van der Waals surface area contributed by atoms with E-state index in [0.717, 1.165) is 0 Å². The van der Waals surface area contributed by atoms with Gasteiger partial charge in [0.25, 0.3) is 0 Å². The molecule has 0 heterocycles. The fourth-order valence-corrected chi connectivity index (χ4v) is 3.62. The molecular formula is C22H28N4O6. The number of aromatic hydroxyl groups is 2. The summed E-state index contributed by atoms with van der Waals surface area (Å²) >= 11 is 0. The van der Waals surface area contributed by atoms with E-state index >= 15 is 0 Å². The molecule has 10 nitrogen and oxygen atoms in total. The van der Waals surface area contributed by atoms with Gasteiger partial charge in [-0.2, -0.15) is 0 Å². The molecule has 172 valence electrons. The third-order valence-electron chi connectivity index (χ3n) is 5.08. The number of aliphatic hydroxyl groups excluding tert-OH is 2. The quantitative estimate of drug-likeness (QED) is 0.107. The van der Waals surface area contributed by atoms with Crippen molar-refractivity contribution in [3.8, 4) is 11.5 Å². The van der Waals surface area contributed by atoms with Gasteiger partial charge in [-0.25, -0.2) is 0 Å². The molecule has 0 bridgehead atoms. The number of hydrogen-bond acceptors (Lipinski definition) is 10. The van der Waals surface area contributed by atoms with Crippen LogP contribution in [-0.2, 0) is 0 Å². The van der Waals surface area contributed by atoms with Crippen LogP contribution >= 0.6 is 0 Å². The highest BCUT2D eigenvalue weighted by atomic mass is 16.3. The molecule has 0 aromatic heterocycles. The molecule has 0 radical (unpaired) electrons. The van der Waals surface area contributed by atoms with Crippen LogP contribution in [0.3, 0.4) is 0 Å². The molecule has 0 unspecified atom stereocenters. The molecule has 3 rings (SSSR count). The number of phenols is 2. The van der Waals surface area contributed by atoms with Gasteiger partial charge in [-0.3, -0.25) is 9.59 Å². The number of nitrogens with one attached hydrogen (secondary N) is 4. The Bertz CT molecular complexity index is 995. The van der Waals surface area contributed by atoms with Crippen LogP contribution in [-0.4, -0.2) is 84.5 Å². The lowest BCUT2D eigenvalue weighted by Gasteiger charge is -2.23. The first-order chi connectivity index (χ1) is 15.5. The number of rotatable bonds is 12. The number of carbonyl (C=O) groups excluding carboxylic acids is 2. The summed E-state index contributed by atoms with van der Waals surface area (Å²) in [7, 11) is 0. The molecule has 2 aromatic rings. The zero-order chi connectivity index (χ0) is 23.1. The highest BCUT2D eigenvalue weighted by molar-refractivity contribution is 6.32. The van der Waals surface area contributed by atoms with Crippen molar-refractivity contribution in [3.05, 3.63) is 46.5 Å². The summed E-state index contributed by atoms with van der Waals surface area (Å²) in [6.45, 7) is 2.71. The van der Waals surface area contributed by atoms with E-state index in [2.05, 4.69) is 21.3 Å². The second-order valence-electron chi connectivity index (χ2n) is 7.23. The Morgan fingerprint density at radius 1 is 0.688 bits per heavy atom. The Hall–Kier alpha value is -3.18. The average Bonchev–Trinajstić information content (AvgIpc) is 2.78. The van der Waals surface area contributed by atoms with Crippen LogP contribution in [0.25, 0.3) is 0 Å². The lowest BCUT2D eigenvalue weighted by atomic mass is 9.81. The fourth-order valence-electron chi connectivity index (χ4n) is 3.62. The molecule has 8 N–H and O–H groups in total. The predicted octanol–water partition coefficient (Wildman–Crippen LogP) is -0.139. The van der Waals surface area contributed by atoms with E-state index in [0.29, 0.717) is 45.0 Å². The second kappa shape index (κ2) is 10.9. The Kier molecular flexibility index (Phi) is 8.01. The van der Waals surface area contributed by atoms with E-state index in [1.807, 2.05) is 0 Å². The molecule has 32 heavy (non-hydrogen) atoms. The number of aliphatic hydroxyl groups is 2. The summed E-state index contributed by atoms with van der Waals surface area (Å²) in [5, 5.41) is 50.9. The van der Waals surface area contributed by atoms with E-state index in [1.165, 1.54) is 12.1 Å². The molecule has 1 aliphatic carbocycles. The molecule has 0 amide bonds. The van der Waals surface area contributed by atoms with Crippen LogP contribution in [0.4, 0.5) is 11.4 Å². The van der Waals surface area contributed by atoms with E-state index in [4.69, 9.17) is 10.2 Å². The molecule has 0 fully saturated rings. The molecular weight excluding hydrogens is 416 g/mol. The topological polar surface area (TPSA) is 163 Å². The van der Waals surface area contributed by atoms with Gasteiger partial charge in [-0.05, 0) is 6.07 Å². The zero-order valence-electron chi connectivity index (χ0n) is 17.6. The van der Waals surface area contributed by atoms with Crippen molar-refractivity contribution < 1.29 is 30.0 Å². The van der Waals surface area contributed by atoms with Gasteiger partial charge >= 0.3 is 0 Å². The number of benzene rings is 2. The number of hydrogen-bond donors (Lipinski definition) is 8. The van der Waals surface area contributed by atoms with Gasteiger partial charge < -0.3 is 41.7 Å². The van der Waals surface area contributed by atoms with Crippen molar-refractivity contribution in [1.82, 2.24) is 10.6 Å². The lowest BCUT2D eigenvalue weighted by Crippen LogP contribution is -2.27. The van der Waals surface area contributed by atoms with E-state index in [9.17, 15) is 19.8 Å². The number of anilines is 2. The minimum Gasteiger partial charge on any atom is -0.507 e. The SMILES string of the molecule is O=C1c2c(NCCNCCO)cccc2C(=O)c2c(O)c(NCCNCCO)cc(O)c21.